The average molecular weight is 287 g/mol. The summed E-state index contributed by atoms with van der Waals surface area (Å²) in [5.74, 6) is 1.39. The zero-order chi connectivity index (χ0) is 14.5. The molecular weight excluding hydrogens is 270 g/mol. The molecular formula is C16H17NO2S. The van der Waals surface area contributed by atoms with E-state index in [2.05, 4.69) is 0 Å². The summed E-state index contributed by atoms with van der Waals surface area (Å²) in [5.41, 5.74) is 8.38. The number of benzene rings is 2. The van der Waals surface area contributed by atoms with Crippen LogP contribution in [0.2, 0.25) is 0 Å². The van der Waals surface area contributed by atoms with Crippen molar-refractivity contribution in [3.63, 3.8) is 0 Å². The van der Waals surface area contributed by atoms with Crippen molar-refractivity contribution in [2.75, 3.05) is 6.61 Å². The molecule has 104 valence electrons. The van der Waals surface area contributed by atoms with E-state index in [1.165, 1.54) is 0 Å². The minimum atomic E-state index is 0.0797. The van der Waals surface area contributed by atoms with Crippen molar-refractivity contribution < 1.29 is 9.84 Å². The van der Waals surface area contributed by atoms with Crippen LogP contribution in [0.15, 0.2) is 42.5 Å². The second kappa shape index (κ2) is 6.50. The Hall–Kier alpha value is -1.91. The number of aliphatic hydroxyl groups excluding tert-OH is 1. The van der Waals surface area contributed by atoms with E-state index in [1.54, 1.807) is 0 Å². The zero-order valence-electron chi connectivity index (χ0n) is 11.3. The molecule has 0 bridgehead atoms. The molecule has 2 aromatic rings. The molecule has 0 heterocycles. The smallest absolute Gasteiger partial charge is 0.140 e. The number of hydrogen-bond acceptors (Lipinski definition) is 3. The van der Waals surface area contributed by atoms with Crippen molar-refractivity contribution in [3.05, 3.63) is 59.2 Å². The fourth-order valence-corrected chi connectivity index (χ4v) is 2.18. The molecule has 0 fully saturated rings. The predicted molar refractivity (Wildman–Crippen MR) is 84.4 cm³/mol. The lowest BCUT2D eigenvalue weighted by Gasteiger charge is -2.15. The number of rotatable bonds is 5. The van der Waals surface area contributed by atoms with E-state index in [0.717, 1.165) is 16.7 Å². The van der Waals surface area contributed by atoms with E-state index < -0.39 is 0 Å². The Morgan fingerprint density at radius 3 is 2.65 bits per heavy atom. The molecule has 2 rings (SSSR count). The van der Waals surface area contributed by atoms with Gasteiger partial charge in [-0.3, -0.25) is 0 Å². The van der Waals surface area contributed by atoms with Gasteiger partial charge in [-0.05, 0) is 36.6 Å². The number of aliphatic hydroxyl groups is 1. The van der Waals surface area contributed by atoms with Crippen molar-refractivity contribution in [1.29, 1.82) is 0 Å². The van der Waals surface area contributed by atoms with Crippen molar-refractivity contribution in [2.24, 2.45) is 5.73 Å². The molecule has 0 saturated carbocycles. The second-order valence-corrected chi connectivity index (χ2v) is 4.94. The van der Waals surface area contributed by atoms with Gasteiger partial charge in [0, 0.05) is 6.61 Å². The van der Waals surface area contributed by atoms with E-state index in [0.29, 0.717) is 22.9 Å². The van der Waals surface area contributed by atoms with Crippen molar-refractivity contribution in [1.82, 2.24) is 0 Å². The van der Waals surface area contributed by atoms with Crippen molar-refractivity contribution in [2.45, 2.75) is 13.3 Å². The third-order valence-corrected chi connectivity index (χ3v) is 3.26. The van der Waals surface area contributed by atoms with Crippen LogP contribution in [0.1, 0.15) is 16.7 Å². The van der Waals surface area contributed by atoms with E-state index in [1.807, 2.05) is 49.4 Å². The van der Waals surface area contributed by atoms with Crippen LogP contribution in [0.4, 0.5) is 0 Å². The summed E-state index contributed by atoms with van der Waals surface area (Å²) in [6.07, 6.45) is 0.546. The van der Waals surface area contributed by atoms with Gasteiger partial charge in [-0.15, -0.1) is 0 Å². The number of nitrogens with two attached hydrogens (primary N) is 1. The Kier molecular flexibility index (Phi) is 4.71. The fourth-order valence-electron chi connectivity index (χ4n) is 2.02. The third-order valence-electron chi connectivity index (χ3n) is 3.04. The van der Waals surface area contributed by atoms with E-state index in [9.17, 15) is 0 Å². The minimum Gasteiger partial charge on any atom is -0.456 e. The summed E-state index contributed by atoms with van der Waals surface area (Å²) in [6.45, 7) is 2.03. The molecule has 0 unspecified atom stereocenters. The first kappa shape index (κ1) is 14.5. The maximum absolute atomic E-state index is 9.11. The van der Waals surface area contributed by atoms with Gasteiger partial charge in [-0.25, -0.2) is 0 Å². The largest absolute Gasteiger partial charge is 0.456 e. The first-order valence-electron chi connectivity index (χ1n) is 6.39. The molecule has 0 radical (unpaired) electrons. The van der Waals surface area contributed by atoms with E-state index in [-0.39, 0.29) is 6.61 Å². The van der Waals surface area contributed by atoms with Gasteiger partial charge in [-0.1, -0.05) is 42.5 Å². The molecule has 3 N–H and O–H groups in total. The number of hydrogen-bond donors (Lipinski definition) is 2. The molecule has 0 spiro atoms. The predicted octanol–water partition coefficient (Wildman–Crippen LogP) is 2.96. The van der Waals surface area contributed by atoms with Crippen molar-refractivity contribution >= 4 is 17.2 Å². The van der Waals surface area contributed by atoms with Crippen LogP contribution in [0, 0.1) is 6.92 Å². The second-order valence-electron chi connectivity index (χ2n) is 4.50. The summed E-state index contributed by atoms with van der Waals surface area (Å²) >= 11 is 5.07. The van der Waals surface area contributed by atoms with Crippen LogP contribution in [0.3, 0.4) is 0 Å². The van der Waals surface area contributed by atoms with Crippen molar-refractivity contribution in [3.8, 4) is 11.5 Å². The standard InChI is InChI=1S/C16H17NO2S/c1-11-5-4-7-13(16(17)20)15(11)19-14-8-3-2-6-12(14)9-10-18/h2-8,18H,9-10H2,1H3,(H2,17,20). The Morgan fingerprint density at radius 2 is 1.95 bits per heavy atom. The summed E-state index contributed by atoms with van der Waals surface area (Å²) in [4.78, 5) is 0.309. The molecule has 0 aliphatic carbocycles. The minimum absolute atomic E-state index is 0.0797. The topological polar surface area (TPSA) is 55.5 Å². The molecule has 0 saturated heterocycles. The number of ether oxygens (including phenoxy) is 1. The molecule has 0 atom stereocenters. The van der Waals surface area contributed by atoms with E-state index >= 15 is 0 Å². The highest BCUT2D eigenvalue weighted by Gasteiger charge is 2.12. The molecule has 3 nitrogen and oxygen atoms in total. The lowest BCUT2D eigenvalue weighted by molar-refractivity contribution is 0.298. The first-order valence-corrected chi connectivity index (χ1v) is 6.80. The Labute approximate surface area is 124 Å². The molecule has 2 aromatic carbocycles. The zero-order valence-corrected chi connectivity index (χ0v) is 12.1. The number of thiocarbonyl (C=S) groups is 1. The number of para-hydroxylation sites is 2. The van der Waals surface area contributed by atoms with Gasteiger partial charge in [-0.2, -0.15) is 0 Å². The molecule has 0 aliphatic heterocycles. The van der Waals surface area contributed by atoms with Crippen LogP contribution >= 0.6 is 12.2 Å². The monoisotopic (exact) mass is 287 g/mol. The first-order chi connectivity index (χ1) is 9.63. The van der Waals surface area contributed by atoms with Crippen LogP contribution in [-0.4, -0.2) is 16.7 Å². The summed E-state index contributed by atoms with van der Waals surface area (Å²) in [5, 5.41) is 9.11. The van der Waals surface area contributed by atoms with Gasteiger partial charge in [0.2, 0.25) is 0 Å². The van der Waals surface area contributed by atoms with Gasteiger partial charge in [0.25, 0.3) is 0 Å². The van der Waals surface area contributed by atoms with Crippen LogP contribution in [0.25, 0.3) is 0 Å². The number of aryl methyl sites for hydroxylation is 1. The molecule has 4 heteroatoms. The van der Waals surface area contributed by atoms with Gasteiger partial charge in [0.05, 0.1) is 5.56 Å². The molecule has 0 amide bonds. The van der Waals surface area contributed by atoms with Crippen LogP contribution in [0.5, 0.6) is 11.5 Å². The maximum Gasteiger partial charge on any atom is 0.140 e. The van der Waals surface area contributed by atoms with Gasteiger partial charge >= 0.3 is 0 Å². The normalized spacial score (nSPS) is 10.3. The van der Waals surface area contributed by atoms with Crippen LogP contribution < -0.4 is 10.5 Å². The molecule has 0 aromatic heterocycles. The highest BCUT2D eigenvalue weighted by molar-refractivity contribution is 7.80. The molecule has 0 aliphatic rings. The summed E-state index contributed by atoms with van der Waals surface area (Å²) in [6, 6.07) is 13.3. The Bertz CT molecular complexity index is 626. The fraction of sp³-hybridized carbons (Fsp3) is 0.188. The lowest BCUT2D eigenvalue weighted by atomic mass is 10.1. The quantitative estimate of drug-likeness (QED) is 0.830. The lowest BCUT2D eigenvalue weighted by Crippen LogP contribution is -2.11. The average Bonchev–Trinajstić information content (AvgIpc) is 2.43. The highest BCUT2D eigenvalue weighted by atomic mass is 32.1. The molecule has 20 heavy (non-hydrogen) atoms. The maximum atomic E-state index is 9.11. The van der Waals surface area contributed by atoms with Crippen LogP contribution in [-0.2, 0) is 6.42 Å². The van der Waals surface area contributed by atoms with Gasteiger partial charge in [0.1, 0.15) is 16.5 Å². The highest BCUT2D eigenvalue weighted by Crippen LogP contribution is 2.31. The SMILES string of the molecule is Cc1cccc(C(N)=S)c1Oc1ccccc1CCO. The summed E-state index contributed by atoms with van der Waals surface area (Å²) < 4.78 is 6.01. The Morgan fingerprint density at radius 1 is 1.20 bits per heavy atom. The third kappa shape index (κ3) is 3.15. The van der Waals surface area contributed by atoms with Gasteiger partial charge in [0.15, 0.2) is 0 Å². The van der Waals surface area contributed by atoms with Gasteiger partial charge < -0.3 is 15.6 Å². The summed E-state index contributed by atoms with van der Waals surface area (Å²) in [7, 11) is 0. The van der Waals surface area contributed by atoms with E-state index in [4.69, 9.17) is 27.8 Å². The Balaban J connectivity index is 2.42.